The summed E-state index contributed by atoms with van der Waals surface area (Å²) in [5.41, 5.74) is 4.25. The van der Waals surface area contributed by atoms with E-state index in [2.05, 4.69) is 22.1 Å². The molecule has 28 heavy (non-hydrogen) atoms. The Kier molecular flexibility index (Phi) is 5.07. The Bertz CT molecular complexity index is 876. The zero-order chi connectivity index (χ0) is 19.7. The fraction of sp³-hybridized carbons (Fsp3) is 0.476. The number of benzene rings is 1. The van der Waals surface area contributed by atoms with Crippen molar-refractivity contribution in [2.24, 2.45) is 0 Å². The van der Waals surface area contributed by atoms with E-state index in [0.29, 0.717) is 23.5 Å². The Morgan fingerprint density at radius 2 is 1.79 bits per heavy atom. The predicted octanol–water partition coefficient (Wildman–Crippen LogP) is 2.73. The first-order valence-corrected chi connectivity index (χ1v) is 10.0. The highest BCUT2D eigenvalue weighted by Crippen LogP contribution is 2.30. The van der Waals surface area contributed by atoms with Gasteiger partial charge < -0.3 is 10.4 Å². The van der Waals surface area contributed by atoms with Crippen molar-refractivity contribution in [3.63, 3.8) is 0 Å². The first-order chi connectivity index (χ1) is 13.5. The second-order valence-electron chi connectivity index (χ2n) is 7.69. The van der Waals surface area contributed by atoms with Crippen LogP contribution in [0.2, 0.25) is 0 Å². The van der Waals surface area contributed by atoms with E-state index in [9.17, 15) is 9.90 Å². The standard InChI is InChI=1S/C21H27N5O2/c1-14-11-16(13-25-15(2)22-10-6-5-9-20(25)27)21(28)19(12-14)26-23-17-7-3-4-8-18(17)24-26/h11-12,22,28H,2-10,13H2,1H3. The molecule has 1 aliphatic heterocycles. The summed E-state index contributed by atoms with van der Waals surface area (Å²) in [5, 5.41) is 23.4. The molecule has 0 atom stereocenters. The molecule has 4 rings (SSSR count). The monoisotopic (exact) mass is 381 g/mol. The fourth-order valence-corrected chi connectivity index (χ4v) is 3.92. The maximum Gasteiger partial charge on any atom is 0.228 e. The van der Waals surface area contributed by atoms with Gasteiger partial charge >= 0.3 is 0 Å². The van der Waals surface area contributed by atoms with E-state index in [1.165, 1.54) is 0 Å². The summed E-state index contributed by atoms with van der Waals surface area (Å²) in [6.45, 7) is 7.05. The molecule has 7 heteroatoms. The lowest BCUT2D eigenvalue weighted by Gasteiger charge is -2.28. The smallest absolute Gasteiger partial charge is 0.228 e. The molecule has 0 bridgehead atoms. The van der Waals surface area contributed by atoms with Gasteiger partial charge in [0.1, 0.15) is 17.3 Å². The highest BCUT2D eigenvalue weighted by atomic mass is 16.3. The lowest BCUT2D eigenvalue weighted by atomic mass is 10.0. The maximum atomic E-state index is 12.6. The molecule has 0 spiro atoms. The van der Waals surface area contributed by atoms with Crippen molar-refractivity contribution in [1.29, 1.82) is 0 Å². The first kappa shape index (κ1) is 18.5. The van der Waals surface area contributed by atoms with Gasteiger partial charge in [-0.15, -0.1) is 4.80 Å². The van der Waals surface area contributed by atoms with E-state index in [4.69, 9.17) is 0 Å². The number of hydrogen-bond donors (Lipinski definition) is 2. The quantitative estimate of drug-likeness (QED) is 0.854. The van der Waals surface area contributed by atoms with Crippen molar-refractivity contribution in [2.75, 3.05) is 6.54 Å². The number of nitrogens with zero attached hydrogens (tertiary/aromatic N) is 4. The molecule has 1 fully saturated rings. The molecule has 1 aliphatic carbocycles. The van der Waals surface area contributed by atoms with Crippen LogP contribution < -0.4 is 5.32 Å². The van der Waals surface area contributed by atoms with Crippen molar-refractivity contribution < 1.29 is 9.90 Å². The Hall–Kier alpha value is -2.83. The number of rotatable bonds is 3. The number of aromatic nitrogens is 3. The van der Waals surface area contributed by atoms with Crippen LogP contribution >= 0.6 is 0 Å². The molecule has 1 amide bonds. The van der Waals surface area contributed by atoms with E-state index >= 15 is 0 Å². The van der Waals surface area contributed by atoms with Crippen LogP contribution in [-0.4, -0.2) is 37.5 Å². The summed E-state index contributed by atoms with van der Waals surface area (Å²) in [6, 6.07) is 3.79. The molecule has 1 saturated heterocycles. The molecule has 0 radical (unpaired) electrons. The minimum Gasteiger partial charge on any atom is -0.505 e. The third-order valence-corrected chi connectivity index (χ3v) is 5.47. The molecule has 148 valence electrons. The zero-order valence-corrected chi connectivity index (χ0v) is 16.4. The maximum absolute atomic E-state index is 12.6. The average molecular weight is 381 g/mol. The molecular weight excluding hydrogens is 354 g/mol. The third kappa shape index (κ3) is 3.61. The highest BCUT2D eigenvalue weighted by molar-refractivity contribution is 5.78. The number of aryl methyl sites for hydroxylation is 3. The molecule has 1 aromatic heterocycles. The molecule has 0 saturated carbocycles. The Morgan fingerprint density at radius 1 is 1.11 bits per heavy atom. The third-order valence-electron chi connectivity index (χ3n) is 5.47. The molecule has 2 aliphatic rings. The Balaban J connectivity index is 1.67. The zero-order valence-electron chi connectivity index (χ0n) is 16.4. The van der Waals surface area contributed by atoms with Crippen LogP contribution in [0.5, 0.6) is 5.75 Å². The minimum absolute atomic E-state index is 0.0207. The van der Waals surface area contributed by atoms with Crippen LogP contribution in [0.15, 0.2) is 24.5 Å². The summed E-state index contributed by atoms with van der Waals surface area (Å²) in [6.07, 6.45) is 6.42. The van der Waals surface area contributed by atoms with Gasteiger partial charge in [0.15, 0.2) is 0 Å². The lowest BCUT2D eigenvalue weighted by molar-refractivity contribution is -0.130. The van der Waals surface area contributed by atoms with E-state index in [1.807, 2.05) is 19.1 Å². The Morgan fingerprint density at radius 3 is 2.50 bits per heavy atom. The van der Waals surface area contributed by atoms with Crippen LogP contribution in [0.4, 0.5) is 0 Å². The summed E-state index contributed by atoms with van der Waals surface area (Å²) in [5.74, 6) is 0.716. The number of phenols is 1. The van der Waals surface area contributed by atoms with Crippen molar-refractivity contribution in [3.05, 3.63) is 47.0 Å². The number of carbonyl (C=O) groups is 1. The minimum atomic E-state index is 0.0207. The van der Waals surface area contributed by atoms with Crippen molar-refractivity contribution in [3.8, 4) is 11.4 Å². The van der Waals surface area contributed by atoms with Crippen molar-refractivity contribution in [2.45, 2.75) is 58.4 Å². The second kappa shape index (κ2) is 7.66. The van der Waals surface area contributed by atoms with Gasteiger partial charge in [0.25, 0.3) is 0 Å². The van der Waals surface area contributed by atoms with E-state index in [1.54, 1.807) is 9.70 Å². The van der Waals surface area contributed by atoms with E-state index < -0.39 is 0 Å². The van der Waals surface area contributed by atoms with Gasteiger partial charge in [-0.25, -0.2) is 0 Å². The lowest BCUT2D eigenvalue weighted by Crippen LogP contribution is -2.37. The number of aromatic hydroxyl groups is 1. The number of phenolic OH excluding ortho intramolecular Hbond substituents is 1. The van der Waals surface area contributed by atoms with E-state index in [-0.39, 0.29) is 18.2 Å². The van der Waals surface area contributed by atoms with Gasteiger partial charge in [-0.2, -0.15) is 10.2 Å². The summed E-state index contributed by atoms with van der Waals surface area (Å²) in [4.78, 5) is 15.7. The molecule has 2 aromatic rings. The molecule has 0 unspecified atom stereocenters. The summed E-state index contributed by atoms with van der Waals surface area (Å²) in [7, 11) is 0. The van der Waals surface area contributed by atoms with Crippen LogP contribution in [0.1, 0.15) is 54.6 Å². The molecule has 1 aromatic carbocycles. The van der Waals surface area contributed by atoms with Crippen LogP contribution in [-0.2, 0) is 24.2 Å². The number of fused-ring (bicyclic) bond motifs is 1. The van der Waals surface area contributed by atoms with Crippen molar-refractivity contribution >= 4 is 5.91 Å². The molecular formula is C21H27N5O2. The number of amides is 1. The largest absolute Gasteiger partial charge is 0.505 e. The van der Waals surface area contributed by atoms with Gasteiger partial charge in [0.05, 0.1) is 17.9 Å². The van der Waals surface area contributed by atoms with Gasteiger partial charge in [-0.05, 0) is 57.1 Å². The van der Waals surface area contributed by atoms with E-state index in [0.717, 1.165) is 62.0 Å². The van der Waals surface area contributed by atoms with Gasteiger partial charge in [0, 0.05) is 18.5 Å². The topological polar surface area (TPSA) is 83.3 Å². The highest BCUT2D eigenvalue weighted by Gasteiger charge is 2.23. The molecule has 2 N–H and O–H groups in total. The van der Waals surface area contributed by atoms with Crippen molar-refractivity contribution in [1.82, 2.24) is 25.2 Å². The predicted molar refractivity (Wildman–Crippen MR) is 106 cm³/mol. The summed E-state index contributed by atoms with van der Waals surface area (Å²) < 4.78 is 0. The average Bonchev–Trinajstić information content (AvgIpc) is 3.10. The Labute approximate surface area is 165 Å². The molecule has 2 heterocycles. The summed E-state index contributed by atoms with van der Waals surface area (Å²) >= 11 is 0. The van der Waals surface area contributed by atoms with Gasteiger partial charge in [-0.1, -0.05) is 12.6 Å². The SMILES string of the molecule is C=C1NCCCCC(=O)N1Cc1cc(C)cc(-n2nc3c(n2)CCCC3)c1O. The second-order valence-corrected chi connectivity index (χ2v) is 7.69. The fourth-order valence-electron chi connectivity index (χ4n) is 3.92. The van der Waals surface area contributed by atoms with Crippen LogP contribution in [0, 0.1) is 6.92 Å². The van der Waals surface area contributed by atoms with Crippen LogP contribution in [0.25, 0.3) is 5.69 Å². The number of hydrogen-bond acceptors (Lipinski definition) is 5. The normalized spacial score (nSPS) is 17.7. The first-order valence-electron chi connectivity index (χ1n) is 10.0. The van der Waals surface area contributed by atoms with Crippen LogP contribution in [0.3, 0.4) is 0 Å². The number of nitrogens with one attached hydrogen (secondary N) is 1. The van der Waals surface area contributed by atoms with Gasteiger partial charge in [0.2, 0.25) is 5.91 Å². The molecule has 7 nitrogen and oxygen atoms in total. The number of carbonyl (C=O) groups excluding carboxylic acids is 1. The van der Waals surface area contributed by atoms with Gasteiger partial charge in [-0.3, -0.25) is 9.69 Å².